The highest BCUT2D eigenvalue weighted by Gasteiger charge is 2.40. The minimum absolute atomic E-state index is 0.315. The van der Waals surface area contributed by atoms with Crippen LogP contribution in [-0.4, -0.2) is 18.1 Å². The second-order valence-electron chi connectivity index (χ2n) is 5.05. The molecule has 0 bridgehead atoms. The Hall–Kier alpha value is -1.13. The van der Waals surface area contributed by atoms with Crippen LogP contribution in [0.1, 0.15) is 12.8 Å². The highest BCUT2D eigenvalue weighted by Crippen LogP contribution is 2.44. The number of fused-ring (bicyclic) bond motifs is 1. The van der Waals surface area contributed by atoms with Gasteiger partial charge in [-0.1, -0.05) is 28.1 Å². The molecule has 1 aliphatic rings. The van der Waals surface area contributed by atoms with E-state index in [-0.39, 0.29) is 0 Å². The standard InChI is InChI=1S/C14H16BrN3/c15-12-3-1-2-11-10(12)4-7-17-13(11)18-9-14(8-16)5-6-14/h1-4,7H,5-6,8-9,16H2,(H,17,18). The molecule has 3 N–H and O–H groups in total. The van der Waals surface area contributed by atoms with Crippen LogP contribution in [0.25, 0.3) is 10.8 Å². The first-order valence-corrected chi connectivity index (χ1v) is 7.01. The summed E-state index contributed by atoms with van der Waals surface area (Å²) in [5.41, 5.74) is 6.12. The van der Waals surface area contributed by atoms with Gasteiger partial charge in [0.1, 0.15) is 5.82 Å². The van der Waals surface area contributed by atoms with Crippen molar-refractivity contribution < 1.29 is 0 Å². The molecular weight excluding hydrogens is 290 g/mol. The van der Waals surface area contributed by atoms with Crippen LogP contribution in [0, 0.1) is 5.41 Å². The molecule has 1 aliphatic carbocycles. The zero-order chi connectivity index (χ0) is 12.6. The molecule has 18 heavy (non-hydrogen) atoms. The largest absolute Gasteiger partial charge is 0.369 e. The highest BCUT2D eigenvalue weighted by atomic mass is 79.9. The Bertz CT molecular complexity index is 578. The number of nitrogens with one attached hydrogen (secondary N) is 1. The summed E-state index contributed by atoms with van der Waals surface area (Å²) in [5, 5.41) is 5.80. The molecule has 2 aromatic rings. The third-order valence-electron chi connectivity index (χ3n) is 3.77. The van der Waals surface area contributed by atoms with E-state index in [0.717, 1.165) is 28.8 Å². The van der Waals surface area contributed by atoms with Gasteiger partial charge in [-0.25, -0.2) is 4.98 Å². The summed E-state index contributed by atoms with van der Waals surface area (Å²) in [7, 11) is 0. The van der Waals surface area contributed by atoms with Crippen LogP contribution in [0.3, 0.4) is 0 Å². The minimum atomic E-state index is 0.315. The maximum absolute atomic E-state index is 5.80. The number of nitrogens with two attached hydrogens (primary N) is 1. The van der Waals surface area contributed by atoms with E-state index in [2.05, 4.69) is 32.3 Å². The molecule has 0 aliphatic heterocycles. The van der Waals surface area contributed by atoms with Gasteiger partial charge >= 0.3 is 0 Å². The summed E-state index contributed by atoms with van der Waals surface area (Å²) in [5.74, 6) is 0.952. The van der Waals surface area contributed by atoms with Gasteiger partial charge in [0.05, 0.1) is 0 Å². The Balaban J connectivity index is 1.90. The van der Waals surface area contributed by atoms with E-state index < -0.39 is 0 Å². The molecule has 94 valence electrons. The van der Waals surface area contributed by atoms with E-state index in [1.165, 1.54) is 18.2 Å². The first-order chi connectivity index (χ1) is 8.74. The van der Waals surface area contributed by atoms with Crippen LogP contribution in [-0.2, 0) is 0 Å². The molecule has 0 amide bonds. The van der Waals surface area contributed by atoms with Crippen LogP contribution < -0.4 is 11.1 Å². The van der Waals surface area contributed by atoms with Crippen molar-refractivity contribution in [1.82, 2.24) is 4.98 Å². The fourth-order valence-corrected chi connectivity index (χ4v) is 2.71. The fraction of sp³-hybridized carbons (Fsp3) is 0.357. The van der Waals surface area contributed by atoms with E-state index in [9.17, 15) is 0 Å². The number of hydrogen-bond donors (Lipinski definition) is 2. The van der Waals surface area contributed by atoms with Gasteiger partial charge in [0.25, 0.3) is 0 Å². The zero-order valence-corrected chi connectivity index (χ0v) is 11.7. The van der Waals surface area contributed by atoms with Crippen molar-refractivity contribution in [1.29, 1.82) is 0 Å². The summed E-state index contributed by atoms with van der Waals surface area (Å²) < 4.78 is 1.10. The molecule has 0 saturated heterocycles. The van der Waals surface area contributed by atoms with E-state index in [0.29, 0.717) is 5.41 Å². The van der Waals surface area contributed by atoms with Gasteiger partial charge in [0, 0.05) is 28.0 Å². The summed E-state index contributed by atoms with van der Waals surface area (Å²) in [6, 6.07) is 8.21. The Morgan fingerprint density at radius 2 is 2.11 bits per heavy atom. The van der Waals surface area contributed by atoms with Crippen LogP contribution in [0.4, 0.5) is 5.82 Å². The number of halogens is 1. The molecule has 3 rings (SSSR count). The Morgan fingerprint density at radius 1 is 1.28 bits per heavy atom. The third-order valence-corrected chi connectivity index (χ3v) is 4.47. The van der Waals surface area contributed by atoms with E-state index >= 15 is 0 Å². The molecule has 1 saturated carbocycles. The first-order valence-electron chi connectivity index (χ1n) is 6.21. The molecule has 1 heterocycles. The number of pyridine rings is 1. The van der Waals surface area contributed by atoms with Gasteiger partial charge in [-0.3, -0.25) is 0 Å². The molecule has 1 aromatic heterocycles. The summed E-state index contributed by atoms with van der Waals surface area (Å²) >= 11 is 3.57. The third kappa shape index (κ3) is 2.10. The van der Waals surface area contributed by atoms with Gasteiger partial charge in [-0.05, 0) is 36.9 Å². The predicted octanol–water partition coefficient (Wildman–Crippen LogP) is 3.15. The summed E-state index contributed by atoms with van der Waals surface area (Å²) in [6.45, 7) is 1.68. The monoisotopic (exact) mass is 305 g/mol. The molecule has 3 nitrogen and oxygen atoms in total. The Kier molecular flexibility index (Phi) is 2.99. The average Bonchev–Trinajstić information content (AvgIpc) is 3.18. The van der Waals surface area contributed by atoms with Gasteiger partial charge in [0.15, 0.2) is 0 Å². The number of aromatic nitrogens is 1. The Labute approximate surface area is 115 Å². The lowest BCUT2D eigenvalue weighted by molar-refractivity contribution is 0.555. The molecular formula is C14H16BrN3. The van der Waals surface area contributed by atoms with Gasteiger partial charge in [0.2, 0.25) is 0 Å². The Morgan fingerprint density at radius 3 is 2.83 bits per heavy atom. The minimum Gasteiger partial charge on any atom is -0.369 e. The normalized spacial score (nSPS) is 16.8. The molecule has 0 atom stereocenters. The number of benzene rings is 1. The van der Waals surface area contributed by atoms with Crippen LogP contribution in [0.2, 0.25) is 0 Å². The number of rotatable bonds is 4. The lowest BCUT2D eigenvalue weighted by Crippen LogP contribution is -2.24. The number of nitrogens with zero attached hydrogens (tertiary/aromatic N) is 1. The van der Waals surface area contributed by atoms with Crippen molar-refractivity contribution in [2.24, 2.45) is 11.1 Å². The maximum Gasteiger partial charge on any atom is 0.133 e. The molecule has 4 heteroatoms. The SMILES string of the molecule is NCC1(CNc2nccc3c(Br)cccc23)CC1. The first kappa shape index (κ1) is 11.9. The van der Waals surface area contributed by atoms with Crippen molar-refractivity contribution in [3.63, 3.8) is 0 Å². The zero-order valence-electron chi connectivity index (χ0n) is 10.1. The second-order valence-corrected chi connectivity index (χ2v) is 5.91. The van der Waals surface area contributed by atoms with E-state index in [4.69, 9.17) is 5.73 Å². The fourth-order valence-electron chi connectivity index (χ4n) is 2.21. The lowest BCUT2D eigenvalue weighted by Gasteiger charge is -2.15. The molecule has 0 unspecified atom stereocenters. The van der Waals surface area contributed by atoms with Crippen LogP contribution in [0.5, 0.6) is 0 Å². The van der Waals surface area contributed by atoms with Gasteiger partial charge in [-0.15, -0.1) is 0 Å². The van der Waals surface area contributed by atoms with Crippen molar-refractivity contribution in [3.05, 3.63) is 34.9 Å². The number of anilines is 1. The molecule has 0 radical (unpaired) electrons. The predicted molar refractivity (Wildman–Crippen MR) is 78.7 cm³/mol. The highest BCUT2D eigenvalue weighted by molar-refractivity contribution is 9.10. The van der Waals surface area contributed by atoms with Crippen LogP contribution >= 0.6 is 15.9 Å². The smallest absolute Gasteiger partial charge is 0.133 e. The quantitative estimate of drug-likeness (QED) is 0.912. The van der Waals surface area contributed by atoms with Crippen molar-refractivity contribution in [2.45, 2.75) is 12.8 Å². The maximum atomic E-state index is 5.80. The summed E-state index contributed by atoms with van der Waals surface area (Å²) in [4.78, 5) is 4.44. The van der Waals surface area contributed by atoms with Crippen LogP contribution in [0.15, 0.2) is 34.9 Å². The molecule has 1 fully saturated rings. The van der Waals surface area contributed by atoms with E-state index in [1.807, 2.05) is 24.4 Å². The van der Waals surface area contributed by atoms with Crippen molar-refractivity contribution >= 4 is 32.5 Å². The summed E-state index contributed by atoms with van der Waals surface area (Å²) in [6.07, 6.45) is 4.30. The second kappa shape index (κ2) is 4.52. The molecule has 0 spiro atoms. The van der Waals surface area contributed by atoms with Crippen molar-refractivity contribution in [2.75, 3.05) is 18.4 Å². The topological polar surface area (TPSA) is 50.9 Å². The average molecular weight is 306 g/mol. The molecule has 1 aromatic carbocycles. The van der Waals surface area contributed by atoms with Crippen molar-refractivity contribution in [3.8, 4) is 0 Å². The lowest BCUT2D eigenvalue weighted by atomic mass is 10.1. The van der Waals surface area contributed by atoms with Gasteiger partial charge < -0.3 is 11.1 Å². The van der Waals surface area contributed by atoms with Gasteiger partial charge in [-0.2, -0.15) is 0 Å². The van der Waals surface area contributed by atoms with E-state index in [1.54, 1.807) is 0 Å². The number of hydrogen-bond acceptors (Lipinski definition) is 3.